The molecule has 2 heteroatoms. The van der Waals surface area contributed by atoms with Gasteiger partial charge in [-0.15, -0.1) is 6.58 Å². The van der Waals surface area contributed by atoms with Gasteiger partial charge in [-0.2, -0.15) is 0 Å². The van der Waals surface area contributed by atoms with Crippen molar-refractivity contribution in [3.63, 3.8) is 0 Å². The topological polar surface area (TPSA) is 35.2 Å². The maximum absolute atomic E-state index is 5.90. The number of ether oxygens (including phenoxy) is 1. The van der Waals surface area contributed by atoms with Crippen LogP contribution < -0.4 is 10.5 Å². The third-order valence-corrected chi connectivity index (χ3v) is 2.98. The predicted octanol–water partition coefficient (Wildman–Crippen LogP) is 4.00. The molecule has 1 atom stereocenters. The SMILES string of the molecule is C=CCc1cc(C(C)N)ccc1OCCCCC. The average molecular weight is 247 g/mol. The zero-order valence-electron chi connectivity index (χ0n) is 11.6. The maximum atomic E-state index is 5.90. The van der Waals surface area contributed by atoms with Crippen molar-refractivity contribution >= 4 is 0 Å². The first-order valence-corrected chi connectivity index (χ1v) is 6.81. The first-order chi connectivity index (χ1) is 8.69. The lowest BCUT2D eigenvalue weighted by Crippen LogP contribution is -2.06. The van der Waals surface area contributed by atoms with Crippen LogP contribution in [0.1, 0.15) is 50.3 Å². The Labute approximate surface area is 111 Å². The maximum Gasteiger partial charge on any atom is 0.122 e. The summed E-state index contributed by atoms with van der Waals surface area (Å²) in [6.45, 7) is 8.77. The van der Waals surface area contributed by atoms with Crippen LogP contribution in [0, 0.1) is 0 Å². The highest BCUT2D eigenvalue weighted by molar-refractivity contribution is 5.39. The molecule has 0 amide bonds. The van der Waals surface area contributed by atoms with Crippen LogP contribution >= 0.6 is 0 Å². The van der Waals surface area contributed by atoms with Crippen molar-refractivity contribution in [3.8, 4) is 5.75 Å². The van der Waals surface area contributed by atoms with Crippen molar-refractivity contribution in [2.75, 3.05) is 6.61 Å². The van der Waals surface area contributed by atoms with E-state index in [9.17, 15) is 0 Å². The van der Waals surface area contributed by atoms with Crippen LogP contribution in [-0.4, -0.2) is 6.61 Å². The van der Waals surface area contributed by atoms with Crippen LogP contribution in [-0.2, 0) is 6.42 Å². The summed E-state index contributed by atoms with van der Waals surface area (Å²) in [5, 5.41) is 0. The summed E-state index contributed by atoms with van der Waals surface area (Å²) in [7, 11) is 0. The summed E-state index contributed by atoms with van der Waals surface area (Å²) >= 11 is 0. The van der Waals surface area contributed by atoms with Gasteiger partial charge in [0.05, 0.1) is 6.61 Å². The van der Waals surface area contributed by atoms with E-state index in [-0.39, 0.29) is 6.04 Å². The van der Waals surface area contributed by atoms with Crippen LogP contribution in [0.25, 0.3) is 0 Å². The van der Waals surface area contributed by atoms with Gasteiger partial charge >= 0.3 is 0 Å². The summed E-state index contributed by atoms with van der Waals surface area (Å²) in [5.41, 5.74) is 8.23. The molecule has 0 aromatic heterocycles. The van der Waals surface area contributed by atoms with Gasteiger partial charge in [0, 0.05) is 6.04 Å². The molecule has 100 valence electrons. The molecule has 1 aromatic carbocycles. The lowest BCUT2D eigenvalue weighted by molar-refractivity contribution is 0.303. The molecule has 2 nitrogen and oxygen atoms in total. The van der Waals surface area contributed by atoms with Gasteiger partial charge in [0.25, 0.3) is 0 Å². The van der Waals surface area contributed by atoms with Gasteiger partial charge in [0.1, 0.15) is 5.75 Å². The van der Waals surface area contributed by atoms with Crippen molar-refractivity contribution in [2.24, 2.45) is 5.73 Å². The lowest BCUT2D eigenvalue weighted by Gasteiger charge is -2.13. The zero-order chi connectivity index (χ0) is 13.4. The van der Waals surface area contributed by atoms with Crippen molar-refractivity contribution in [1.82, 2.24) is 0 Å². The Kier molecular flexibility index (Phi) is 6.51. The summed E-state index contributed by atoms with van der Waals surface area (Å²) in [5.74, 6) is 0.968. The van der Waals surface area contributed by atoms with E-state index < -0.39 is 0 Å². The van der Waals surface area contributed by atoms with E-state index in [0.717, 1.165) is 30.8 Å². The number of nitrogens with two attached hydrogens (primary N) is 1. The molecule has 0 saturated carbocycles. The molecule has 2 N–H and O–H groups in total. The molecule has 0 aliphatic carbocycles. The monoisotopic (exact) mass is 247 g/mol. The Hall–Kier alpha value is -1.28. The molecule has 1 unspecified atom stereocenters. The third-order valence-electron chi connectivity index (χ3n) is 2.98. The van der Waals surface area contributed by atoms with Crippen molar-refractivity contribution in [1.29, 1.82) is 0 Å². The Morgan fingerprint density at radius 3 is 2.78 bits per heavy atom. The molecule has 1 rings (SSSR count). The largest absolute Gasteiger partial charge is 0.493 e. The minimum atomic E-state index is 0.0581. The van der Waals surface area contributed by atoms with Gasteiger partial charge < -0.3 is 10.5 Å². The molecule has 0 heterocycles. The van der Waals surface area contributed by atoms with Gasteiger partial charge in [0.15, 0.2) is 0 Å². The molecule has 0 bridgehead atoms. The predicted molar refractivity (Wildman–Crippen MR) is 78.0 cm³/mol. The second kappa shape index (κ2) is 7.93. The second-order valence-electron chi connectivity index (χ2n) is 4.70. The molecule has 0 aliphatic rings. The molecule has 0 spiro atoms. The van der Waals surface area contributed by atoms with Gasteiger partial charge in [-0.3, -0.25) is 0 Å². The van der Waals surface area contributed by atoms with E-state index >= 15 is 0 Å². The van der Waals surface area contributed by atoms with Crippen molar-refractivity contribution < 1.29 is 4.74 Å². The van der Waals surface area contributed by atoms with E-state index in [4.69, 9.17) is 10.5 Å². The Morgan fingerprint density at radius 1 is 1.39 bits per heavy atom. The number of hydrogen-bond donors (Lipinski definition) is 1. The highest BCUT2D eigenvalue weighted by atomic mass is 16.5. The van der Waals surface area contributed by atoms with Crippen LogP contribution in [0.5, 0.6) is 5.75 Å². The molecule has 18 heavy (non-hydrogen) atoms. The average Bonchev–Trinajstić information content (AvgIpc) is 2.36. The summed E-state index contributed by atoms with van der Waals surface area (Å²) in [6, 6.07) is 6.26. The van der Waals surface area contributed by atoms with E-state index in [1.54, 1.807) is 0 Å². The third kappa shape index (κ3) is 4.53. The molecular formula is C16H25NO. The fraction of sp³-hybridized carbons (Fsp3) is 0.500. The first-order valence-electron chi connectivity index (χ1n) is 6.81. The summed E-state index contributed by atoms with van der Waals surface area (Å²) in [6.07, 6.45) is 6.27. The van der Waals surface area contributed by atoms with E-state index in [1.165, 1.54) is 18.4 Å². The normalized spacial score (nSPS) is 12.2. The minimum absolute atomic E-state index is 0.0581. The number of unbranched alkanes of at least 4 members (excludes halogenated alkanes) is 2. The quantitative estimate of drug-likeness (QED) is 0.556. The standard InChI is InChI=1S/C16H25NO/c1-4-6-7-11-18-16-10-9-14(13(3)17)12-15(16)8-5-2/h5,9-10,12-13H,2,4,6-8,11,17H2,1,3H3. The lowest BCUT2D eigenvalue weighted by atomic mass is 10.0. The smallest absolute Gasteiger partial charge is 0.122 e. The van der Waals surface area contributed by atoms with Gasteiger partial charge in [-0.05, 0) is 37.0 Å². The number of rotatable bonds is 8. The molecular weight excluding hydrogens is 222 g/mol. The van der Waals surface area contributed by atoms with Crippen LogP contribution in [0.4, 0.5) is 0 Å². The molecule has 0 aliphatic heterocycles. The molecule has 0 radical (unpaired) electrons. The van der Waals surface area contributed by atoms with Crippen molar-refractivity contribution in [3.05, 3.63) is 42.0 Å². The second-order valence-corrected chi connectivity index (χ2v) is 4.70. The molecule has 0 saturated heterocycles. The van der Waals surface area contributed by atoms with Gasteiger partial charge in [-0.1, -0.05) is 38.0 Å². The summed E-state index contributed by atoms with van der Waals surface area (Å²) in [4.78, 5) is 0. The minimum Gasteiger partial charge on any atom is -0.493 e. The van der Waals surface area contributed by atoms with Crippen LogP contribution in [0.3, 0.4) is 0 Å². The van der Waals surface area contributed by atoms with Crippen LogP contribution in [0.2, 0.25) is 0 Å². The Morgan fingerprint density at radius 2 is 2.17 bits per heavy atom. The fourth-order valence-corrected chi connectivity index (χ4v) is 1.87. The van der Waals surface area contributed by atoms with Crippen molar-refractivity contribution in [2.45, 2.75) is 45.6 Å². The van der Waals surface area contributed by atoms with E-state index in [0.29, 0.717) is 0 Å². The Bertz CT molecular complexity index is 371. The van der Waals surface area contributed by atoms with Gasteiger partial charge in [0.2, 0.25) is 0 Å². The van der Waals surface area contributed by atoms with E-state index in [2.05, 4.69) is 19.6 Å². The van der Waals surface area contributed by atoms with Crippen LogP contribution in [0.15, 0.2) is 30.9 Å². The van der Waals surface area contributed by atoms with Gasteiger partial charge in [-0.25, -0.2) is 0 Å². The highest BCUT2D eigenvalue weighted by Crippen LogP contribution is 2.24. The number of hydrogen-bond acceptors (Lipinski definition) is 2. The summed E-state index contributed by atoms with van der Waals surface area (Å²) < 4.78 is 5.84. The zero-order valence-corrected chi connectivity index (χ0v) is 11.6. The highest BCUT2D eigenvalue weighted by Gasteiger charge is 2.06. The molecule has 1 aromatic rings. The first kappa shape index (κ1) is 14.8. The Balaban J connectivity index is 2.73. The molecule has 0 fully saturated rings. The van der Waals surface area contributed by atoms with E-state index in [1.807, 2.05) is 25.1 Å². The number of allylic oxidation sites excluding steroid dienone is 1. The fourth-order valence-electron chi connectivity index (χ4n) is 1.87. The number of benzene rings is 1.